The van der Waals surface area contributed by atoms with E-state index in [-0.39, 0.29) is 11.3 Å². The van der Waals surface area contributed by atoms with Crippen molar-refractivity contribution >= 4 is 34.3 Å². The van der Waals surface area contributed by atoms with Crippen LogP contribution >= 0.6 is 0 Å². The summed E-state index contributed by atoms with van der Waals surface area (Å²) in [4.78, 5) is 34.0. The number of nitro groups is 1. The highest BCUT2D eigenvalue weighted by molar-refractivity contribution is 5.94. The van der Waals surface area contributed by atoms with Gasteiger partial charge in [-0.25, -0.2) is 9.78 Å². The first kappa shape index (κ1) is 25.3. The zero-order valence-corrected chi connectivity index (χ0v) is 20.9. The number of carbonyl (C=O) groups is 1. The van der Waals surface area contributed by atoms with E-state index < -0.39 is 10.9 Å². The van der Waals surface area contributed by atoms with Gasteiger partial charge in [-0.3, -0.25) is 10.1 Å². The van der Waals surface area contributed by atoms with Crippen molar-refractivity contribution in [1.29, 1.82) is 0 Å². The summed E-state index contributed by atoms with van der Waals surface area (Å²) in [6, 6.07) is 13.0. The number of fused-ring (bicyclic) bond motifs is 1. The van der Waals surface area contributed by atoms with Crippen LogP contribution in [0.25, 0.3) is 10.9 Å². The third-order valence-electron chi connectivity index (χ3n) is 6.61. The minimum absolute atomic E-state index is 0.0369. The van der Waals surface area contributed by atoms with E-state index in [1.165, 1.54) is 19.2 Å². The topological polar surface area (TPSA) is 123 Å². The molecule has 0 radical (unpaired) electrons. The van der Waals surface area contributed by atoms with E-state index in [0.29, 0.717) is 24.5 Å². The largest absolute Gasteiger partial charge is 0.465 e. The molecule has 2 N–H and O–H groups in total. The highest BCUT2D eigenvalue weighted by atomic mass is 16.6. The van der Waals surface area contributed by atoms with Crippen molar-refractivity contribution in [3.05, 3.63) is 63.7 Å². The second-order valence-corrected chi connectivity index (χ2v) is 9.38. The lowest BCUT2D eigenvalue weighted by molar-refractivity contribution is -0.385. The maximum atomic E-state index is 11.8. The standard InChI is InChI=1S/C26H32N6O4/c1-31(2)24-20-6-4-5-7-22(20)29-26(30-24)28-19-11-8-17(9-12-19)15-27-16-18-10-13-21(25(33)36-3)23(14-18)32(34)35/h4-7,10,13-14,17,19,27H,8-9,11-12,15-16H2,1-3H3,(H,28,29,30). The molecular weight excluding hydrogens is 460 g/mol. The number of methoxy groups -OCH3 is 1. The number of anilines is 2. The Hall–Kier alpha value is -3.79. The third-order valence-corrected chi connectivity index (χ3v) is 6.61. The minimum atomic E-state index is -0.710. The average molecular weight is 493 g/mol. The quantitative estimate of drug-likeness (QED) is 0.258. The molecule has 0 atom stereocenters. The maximum absolute atomic E-state index is 11.8. The first-order chi connectivity index (χ1) is 17.4. The molecule has 10 nitrogen and oxygen atoms in total. The summed E-state index contributed by atoms with van der Waals surface area (Å²) in [6.07, 6.45) is 4.19. The number of benzene rings is 2. The Morgan fingerprint density at radius 3 is 2.58 bits per heavy atom. The normalized spacial score (nSPS) is 17.5. The smallest absolute Gasteiger partial charge is 0.344 e. The fourth-order valence-corrected chi connectivity index (χ4v) is 4.70. The van der Waals surface area contributed by atoms with Gasteiger partial charge in [0.2, 0.25) is 5.95 Å². The Morgan fingerprint density at radius 2 is 1.89 bits per heavy atom. The lowest BCUT2D eigenvalue weighted by atomic mass is 9.86. The van der Waals surface area contributed by atoms with Crippen molar-refractivity contribution in [2.45, 2.75) is 38.3 Å². The molecule has 36 heavy (non-hydrogen) atoms. The average Bonchev–Trinajstić information content (AvgIpc) is 2.88. The summed E-state index contributed by atoms with van der Waals surface area (Å²) in [5.41, 5.74) is 1.41. The summed E-state index contributed by atoms with van der Waals surface area (Å²) in [5.74, 6) is 1.39. The van der Waals surface area contributed by atoms with Crippen LogP contribution in [0.1, 0.15) is 41.6 Å². The van der Waals surface area contributed by atoms with E-state index in [1.807, 2.05) is 43.3 Å². The molecule has 1 heterocycles. The van der Waals surface area contributed by atoms with Crippen molar-refractivity contribution in [1.82, 2.24) is 15.3 Å². The molecule has 1 fully saturated rings. The fourth-order valence-electron chi connectivity index (χ4n) is 4.70. The van der Waals surface area contributed by atoms with E-state index in [9.17, 15) is 14.9 Å². The van der Waals surface area contributed by atoms with Gasteiger partial charge in [-0.05, 0) is 61.9 Å². The van der Waals surface area contributed by atoms with Crippen molar-refractivity contribution in [3.63, 3.8) is 0 Å². The summed E-state index contributed by atoms with van der Waals surface area (Å²) < 4.78 is 4.63. The molecule has 1 aliphatic rings. The number of hydrogen-bond donors (Lipinski definition) is 2. The van der Waals surface area contributed by atoms with E-state index in [0.717, 1.165) is 54.5 Å². The number of para-hydroxylation sites is 1. The van der Waals surface area contributed by atoms with Gasteiger partial charge in [-0.1, -0.05) is 18.2 Å². The second kappa shape index (κ2) is 11.3. The molecule has 1 aliphatic carbocycles. The highest BCUT2D eigenvalue weighted by Crippen LogP contribution is 2.28. The van der Waals surface area contributed by atoms with E-state index in [4.69, 9.17) is 9.97 Å². The molecule has 4 rings (SSSR count). The minimum Gasteiger partial charge on any atom is -0.465 e. The lowest BCUT2D eigenvalue weighted by Crippen LogP contribution is -2.31. The molecule has 10 heteroatoms. The number of carbonyl (C=O) groups excluding carboxylic acids is 1. The molecule has 0 spiro atoms. The molecule has 0 amide bonds. The molecule has 0 aliphatic heterocycles. The Labute approximate surface area is 210 Å². The summed E-state index contributed by atoms with van der Waals surface area (Å²) in [7, 11) is 5.19. The van der Waals surface area contributed by atoms with Crippen molar-refractivity contribution in [3.8, 4) is 0 Å². The van der Waals surface area contributed by atoms with E-state index in [2.05, 4.69) is 15.4 Å². The van der Waals surface area contributed by atoms with Crippen LogP contribution < -0.4 is 15.5 Å². The SMILES string of the molecule is COC(=O)c1ccc(CNCC2CCC(Nc3nc(N(C)C)c4ccccc4n3)CC2)cc1[N+](=O)[O-]. The van der Waals surface area contributed by atoms with Crippen LogP contribution in [0, 0.1) is 16.0 Å². The molecular formula is C26H32N6O4. The fraction of sp³-hybridized carbons (Fsp3) is 0.423. The van der Waals surface area contributed by atoms with Gasteiger partial charge in [-0.15, -0.1) is 0 Å². The molecule has 1 saturated carbocycles. The molecule has 0 bridgehead atoms. The molecule has 3 aromatic rings. The number of aromatic nitrogens is 2. The zero-order chi connectivity index (χ0) is 25.7. The van der Waals surface area contributed by atoms with Gasteiger partial charge in [-0.2, -0.15) is 4.98 Å². The number of ether oxygens (including phenoxy) is 1. The Morgan fingerprint density at radius 1 is 1.14 bits per heavy atom. The van der Waals surface area contributed by atoms with Gasteiger partial charge < -0.3 is 20.3 Å². The second-order valence-electron chi connectivity index (χ2n) is 9.38. The van der Waals surface area contributed by atoms with Crippen LogP contribution in [0.2, 0.25) is 0 Å². The van der Waals surface area contributed by atoms with Crippen LogP contribution in [0.4, 0.5) is 17.5 Å². The van der Waals surface area contributed by atoms with Crippen LogP contribution in [0.5, 0.6) is 0 Å². The van der Waals surface area contributed by atoms with Gasteiger partial charge in [0, 0.05) is 38.1 Å². The predicted octanol–water partition coefficient (Wildman–Crippen LogP) is 4.15. The number of rotatable bonds is 9. The maximum Gasteiger partial charge on any atom is 0.344 e. The van der Waals surface area contributed by atoms with Crippen LogP contribution in [-0.2, 0) is 11.3 Å². The van der Waals surface area contributed by atoms with Gasteiger partial charge in [0.1, 0.15) is 11.4 Å². The number of nitrogens with one attached hydrogen (secondary N) is 2. The van der Waals surface area contributed by atoms with Crippen molar-refractivity contribution in [2.24, 2.45) is 5.92 Å². The summed E-state index contributed by atoms with van der Waals surface area (Å²) >= 11 is 0. The molecule has 0 saturated heterocycles. The van der Waals surface area contributed by atoms with Crippen LogP contribution in [-0.4, -0.2) is 54.7 Å². The molecule has 1 aromatic heterocycles. The number of hydrogen-bond acceptors (Lipinski definition) is 9. The Balaban J connectivity index is 1.29. The highest BCUT2D eigenvalue weighted by Gasteiger charge is 2.23. The molecule has 0 unspecified atom stereocenters. The van der Waals surface area contributed by atoms with Crippen molar-refractivity contribution < 1.29 is 14.5 Å². The first-order valence-electron chi connectivity index (χ1n) is 12.1. The van der Waals surface area contributed by atoms with E-state index >= 15 is 0 Å². The van der Waals surface area contributed by atoms with Gasteiger partial charge in [0.25, 0.3) is 5.69 Å². The van der Waals surface area contributed by atoms with E-state index in [1.54, 1.807) is 6.07 Å². The van der Waals surface area contributed by atoms with Crippen LogP contribution in [0.3, 0.4) is 0 Å². The third kappa shape index (κ3) is 5.88. The number of nitrogens with zero attached hydrogens (tertiary/aromatic N) is 4. The molecule has 2 aromatic carbocycles. The number of esters is 1. The molecule has 190 valence electrons. The van der Waals surface area contributed by atoms with Gasteiger partial charge in [0.05, 0.1) is 17.5 Å². The van der Waals surface area contributed by atoms with Crippen molar-refractivity contribution in [2.75, 3.05) is 38.0 Å². The van der Waals surface area contributed by atoms with Crippen LogP contribution in [0.15, 0.2) is 42.5 Å². The summed E-state index contributed by atoms with van der Waals surface area (Å²) in [6.45, 7) is 1.33. The zero-order valence-electron chi connectivity index (χ0n) is 20.9. The Bertz CT molecular complexity index is 1240. The van der Waals surface area contributed by atoms with Gasteiger partial charge in [0.15, 0.2) is 0 Å². The predicted molar refractivity (Wildman–Crippen MR) is 139 cm³/mol. The monoisotopic (exact) mass is 492 g/mol. The lowest BCUT2D eigenvalue weighted by Gasteiger charge is -2.29. The Kier molecular flexibility index (Phi) is 7.94. The van der Waals surface area contributed by atoms with Gasteiger partial charge >= 0.3 is 5.97 Å². The first-order valence-corrected chi connectivity index (χ1v) is 12.1. The number of nitro benzene ring substituents is 1. The summed E-state index contributed by atoms with van der Waals surface area (Å²) in [5, 5.41) is 19.3.